The van der Waals surface area contributed by atoms with E-state index in [-0.39, 0.29) is 18.1 Å². The Hall–Kier alpha value is -1.97. The van der Waals surface area contributed by atoms with Crippen molar-refractivity contribution in [1.29, 1.82) is 0 Å². The van der Waals surface area contributed by atoms with E-state index >= 15 is 0 Å². The van der Waals surface area contributed by atoms with Gasteiger partial charge in [-0.1, -0.05) is 6.92 Å². The van der Waals surface area contributed by atoms with E-state index in [1.807, 2.05) is 32.0 Å². The van der Waals surface area contributed by atoms with Crippen LogP contribution in [0.15, 0.2) is 22.6 Å². The Morgan fingerprint density at radius 2 is 2.09 bits per heavy atom. The number of benzene rings is 1. The molecular formula is C19H25NO3. The lowest BCUT2D eigenvalue weighted by Crippen LogP contribution is -2.44. The molecular weight excluding hydrogens is 290 g/mol. The van der Waals surface area contributed by atoms with Crippen molar-refractivity contribution < 1.29 is 13.9 Å². The Bertz CT molecular complexity index is 715. The molecule has 0 atom stereocenters. The third-order valence-electron chi connectivity index (χ3n) is 4.66. The molecule has 124 valence electrons. The van der Waals surface area contributed by atoms with E-state index in [4.69, 9.17) is 9.15 Å². The highest BCUT2D eigenvalue weighted by atomic mass is 16.5. The van der Waals surface area contributed by atoms with Gasteiger partial charge in [-0.15, -0.1) is 0 Å². The number of rotatable bonds is 5. The summed E-state index contributed by atoms with van der Waals surface area (Å²) in [6.45, 7) is 6.11. The van der Waals surface area contributed by atoms with Crippen molar-refractivity contribution in [3.8, 4) is 5.75 Å². The number of hydrogen-bond donors (Lipinski definition) is 1. The van der Waals surface area contributed by atoms with Gasteiger partial charge in [-0.3, -0.25) is 4.79 Å². The number of furan rings is 1. The van der Waals surface area contributed by atoms with Gasteiger partial charge in [-0.05, 0) is 57.7 Å². The summed E-state index contributed by atoms with van der Waals surface area (Å²) in [5, 5.41) is 4.11. The number of carbonyl (C=O) groups is 1. The van der Waals surface area contributed by atoms with E-state index in [2.05, 4.69) is 12.2 Å². The molecule has 23 heavy (non-hydrogen) atoms. The maximum Gasteiger partial charge on any atom is 0.258 e. The summed E-state index contributed by atoms with van der Waals surface area (Å²) >= 11 is 0. The summed E-state index contributed by atoms with van der Waals surface area (Å²) in [5.74, 6) is 1.74. The largest absolute Gasteiger partial charge is 0.484 e. The van der Waals surface area contributed by atoms with Gasteiger partial charge < -0.3 is 14.5 Å². The molecule has 1 N–H and O–H groups in total. The Balaban J connectivity index is 1.70. The topological polar surface area (TPSA) is 51.5 Å². The van der Waals surface area contributed by atoms with Gasteiger partial charge in [0.15, 0.2) is 6.61 Å². The summed E-state index contributed by atoms with van der Waals surface area (Å²) in [7, 11) is 0. The zero-order valence-corrected chi connectivity index (χ0v) is 14.2. The third-order valence-corrected chi connectivity index (χ3v) is 4.66. The van der Waals surface area contributed by atoms with Crippen LogP contribution in [0.3, 0.4) is 0 Å². The Kier molecular flexibility index (Phi) is 4.33. The first-order valence-electron chi connectivity index (χ1n) is 8.46. The van der Waals surface area contributed by atoms with E-state index < -0.39 is 0 Å². The first-order chi connectivity index (χ1) is 11.0. The highest BCUT2D eigenvalue weighted by Gasteiger charge is 2.19. The van der Waals surface area contributed by atoms with Crippen molar-refractivity contribution >= 4 is 16.9 Å². The number of carbonyl (C=O) groups excluding carboxylic acids is 1. The second kappa shape index (κ2) is 6.26. The van der Waals surface area contributed by atoms with Gasteiger partial charge in [0.25, 0.3) is 5.91 Å². The molecule has 1 aromatic carbocycles. The second-order valence-electron chi connectivity index (χ2n) is 6.94. The molecule has 1 aliphatic rings. The number of amides is 1. The van der Waals surface area contributed by atoms with Crippen molar-refractivity contribution in [2.24, 2.45) is 0 Å². The molecule has 1 heterocycles. The number of aryl methyl sites for hydroxylation is 2. The minimum Gasteiger partial charge on any atom is -0.484 e. The summed E-state index contributed by atoms with van der Waals surface area (Å²) in [4.78, 5) is 12.0. The van der Waals surface area contributed by atoms with Gasteiger partial charge in [-0.25, -0.2) is 0 Å². The Morgan fingerprint density at radius 3 is 2.87 bits per heavy atom. The zero-order chi connectivity index (χ0) is 16.4. The van der Waals surface area contributed by atoms with Crippen molar-refractivity contribution in [2.45, 2.75) is 58.4 Å². The monoisotopic (exact) mass is 315 g/mol. The third kappa shape index (κ3) is 3.52. The highest BCUT2D eigenvalue weighted by molar-refractivity contribution is 5.84. The molecule has 4 nitrogen and oxygen atoms in total. The molecule has 4 heteroatoms. The highest BCUT2D eigenvalue weighted by Crippen LogP contribution is 2.33. The number of nitrogens with one attached hydrogen (secondary N) is 1. The van der Waals surface area contributed by atoms with Gasteiger partial charge in [0.05, 0.1) is 0 Å². The lowest BCUT2D eigenvalue weighted by molar-refractivity contribution is -0.124. The minimum absolute atomic E-state index is 0.0367. The lowest BCUT2D eigenvalue weighted by atomic mass is 9.96. The average Bonchev–Trinajstić information content (AvgIpc) is 2.90. The van der Waals surface area contributed by atoms with E-state index in [0.717, 1.165) is 41.7 Å². The fraction of sp³-hybridized carbons (Fsp3) is 0.526. The lowest BCUT2D eigenvalue weighted by Gasteiger charge is -2.24. The molecule has 0 radical (unpaired) electrons. The molecule has 0 saturated carbocycles. The molecule has 0 aliphatic heterocycles. The van der Waals surface area contributed by atoms with Crippen LogP contribution in [0.4, 0.5) is 0 Å². The van der Waals surface area contributed by atoms with Crippen LogP contribution in [0.2, 0.25) is 0 Å². The molecule has 2 aromatic rings. The Morgan fingerprint density at radius 1 is 1.30 bits per heavy atom. The molecule has 0 spiro atoms. The maximum atomic E-state index is 12.0. The second-order valence-corrected chi connectivity index (χ2v) is 6.94. The summed E-state index contributed by atoms with van der Waals surface area (Å²) in [6, 6.07) is 5.81. The number of fused-ring (bicyclic) bond motifs is 3. The molecule has 3 rings (SSSR count). The predicted molar refractivity (Wildman–Crippen MR) is 90.9 cm³/mol. The van der Waals surface area contributed by atoms with Crippen molar-refractivity contribution in [2.75, 3.05) is 6.61 Å². The van der Waals surface area contributed by atoms with Crippen LogP contribution < -0.4 is 10.1 Å². The normalized spacial score (nSPS) is 14.6. The van der Waals surface area contributed by atoms with E-state index in [0.29, 0.717) is 0 Å². The van der Waals surface area contributed by atoms with Crippen molar-refractivity contribution in [1.82, 2.24) is 5.32 Å². The van der Waals surface area contributed by atoms with Gasteiger partial charge in [0, 0.05) is 22.9 Å². The van der Waals surface area contributed by atoms with Crippen LogP contribution in [0, 0.1) is 0 Å². The molecule has 0 saturated heterocycles. The maximum absolute atomic E-state index is 12.0. The van der Waals surface area contributed by atoms with E-state index in [1.54, 1.807) is 0 Å². The van der Waals surface area contributed by atoms with Gasteiger partial charge in [0.1, 0.15) is 17.1 Å². The average molecular weight is 315 g/mol. The quantitative estimate of drug-likeness (QED) is 0.907. The van der Waals surface area contributed by atoms with E-state index in [1.165, 1.54) is 18.4 Å². The van der Waals surface area contributed by atoms with Crippen LogP contribution in [0.25, 0.3) is 11.0 Å². The van der Waals surface area contributed by atoms with Crippen LogP contribution in [0.5, 0.6) is 5.75 Å². The Labute approximate surface area is 137 Å². The van der Waals surface area contributed by atoms with Crippen molar-refractivity contribution in [3.63, 3.8) is 0 Å². The molecule has 1 amide bonds. The number of ether oxygens (including phenoxy) is 1. The molecule has 1 aromatic heterocycles. The fourth-order valence-corrected chi connectivity index (χ4v) is 2.98. The van der Waals surface area contributed by atoms with Gasteiger partial charge >= 0.3 is 0 Å². The van der Waals surface area contributed by atoms with Crippen molar-refractivity contribution in [3.05, 3.63) is 29.5 Å². The SMILES string of the molecule is CCC(C)(C)NC(=O)COc1ccc2oc3c(c2c1)CCCC3. The molecule has 0 unspecified atom stereocenters. The smallest absolute Gasteiger partial charge is 0.258 e. The summed E-state index contributed by atoms with van der Waals surface area (Å²) in [6.07, 6.45) is 5.38. The van der Waals surface area contributed by atoms with Crippen LogP contribution in [-0.2, 0) is 17.6 Å². The van der Waals surface area contributed by atoms with Gasteiger partial charge in [0.2, 0.25) is 0 Å². The minimum atomic E-state index is -0.200. The standard InChI is InChI=1S/C19H25NO3/c1-4-19(2,3)20-18(21)12-22-13-9-10-17-15(11-13)14-7-5-6-8-16(14)23-17/h9-11H,4-8,12H2,1-3H3,(H,20,21). The van der Waals surface area contributed by atoms with Crippen LogP contribution in [0.1, 0.15) is 51.4 Å². The number of hydrogen-bond acceptors (Lipinski definition) is 3. The van der Waals surface area contributed by atoms with Crippen LogP contribution >= 0.6 is 0 Å². The molecule has 0 bridgehead atoms. The first-order valence-corrected chi connectivity index (χ1v) is 8.46. The molecule has 0 fully saturated rings. The summed E-state index contributed by atoms with van der Waals surface area (Å²) < 4.78 is 11.6. The first kappa shape index (κ1) is 15.9. The molecule has 1 aliphatic carbocycles. The predicted octanol–water partition coefficient (Wildman–Crippen LogP) is 4.00. The fourth-order valence-electron chi connectivity index (χ4n) is 2.98. The summed E-state index contributed by atoms with van der Waals surface area (Å²) in [5.41, 5.74) is 2.03. The van der Waals surface area contributed by atoms with Crippen LogP contribution in [-0.4, -0.2) is 18.1 Å². The zero-order valence-electron chi connectivity index (χ0n) is 14.2. The van der Waals surface area contributed by atoms with E-state index in [9.17, 15) is 4.79 Å². The van der Waals surface area contributed by atoms with Gasteiger partial charge in [-0.2, -0.15) is 0 Å².